The second kappa shape index (κ2) is 5.16. The molecular formula is C19H19N3O. The lowest BCUT2D eigenvalue weighted by atomic mass is 10.1. The van der Waals surface area contributed by atoms with Gasteiger partial charge in [-0.15, -0.1) is 0 Å². The van der Waals surface area contributed by atoms with E-state index in [-0.39, 0.29) is 12.1 Å². The first-order valence-electron chi connectivity index (χ1n) is 7.84. The van der Waals surface area contributed by atoms with Gasteiger partial charge >= 0.3 is 6.03 Å². The molecule has 0 aliphatic carbocycles. The fourth-order valence-electron chi connectivity index (χ4n) is 3.68. The molecule has 0 saturated carbocycles. The number of aryl methyl sites for hydroxylation is 2. The van der Waals surface area contributed by atoms with E-state index in [2.05, 4.69) is 48.1 Å². The summed E-state index contributed by atoms with van der Waals surface area (Å²) >= 11 is 0. The summed E-state index contributed by atoms with van der Waals surface area (Å²) in [5.41, 5.74) is 4.56. The molecule has 1 N–H and O–H groups in total. The number of carbonyl (C=O) groups is 1. The van der Waals surface area contributed by atoms with Gasteiger partial charge in [-0.1, -0.05) is 36.4 Å². The van der Waals surface area contributed by atoms with E-state index >= 15 is 0 Å². The van der Waals surface area contributed by atoms with E-state index in [4.69, 9.17) is 0 Å². The van der Waals surface area contributed by atoms with Gasteiger partial charge in [-0.05, 0) is 30.7 Å². The van der Waals surface area contributed by atoms with Gasteiger partial charge in [0.1, 0.15) is 0 Å². The first-order valence-corrected chi connectivity index (χ1v) is 7.84. The van der Waals surface area contributed by atoms with Crippen molar-refractivity contribution in [2.45, 2.75) is 13.0 Å². The average Bonchev–Trinajstić information content (AvgIpc) is 3.07. The number of para-hydroxylation sites is 2. The van der Waals surface area contributed by atoms with E-state index in [1.165, 1.54) is 22.2 Å². The Balaban J connectivity index is 1.88. The van der Waals surface area contributed by atoms with Gasteiger partial charge in [-0.2, -0.15) is 0 Å². The second-order valence-electron chi connectivity index (χ2n) is 5.99. The molecule has 4 heteroatoms. The van der Waals surface area contributed by atoms with Crippen LogP contribution >= 0.6 is 0 Å². The standard InChI is InChI=1S/C19H19N3O/c1-13-15-10-6-7-11-16(15)21(2)18(13)17-12-20-19(23)22(17)14-8-4-3-5-9-14/h3-11,17H,12H2,1-2H3,(H,20,23). The Labute approximate surface area is 135 Å². The van der Waals surface area contributed by atoms with E-state index in [0.29, 0.717) is 6.54 Å². The first kappa shape index (κ1) is 13.9. The largest absolute Gasteiger partial charge is 0.345 e. The highest BCUT2D eigenvalue weighted by Gasteiger charge is 2.36. The van der Waals surface area contributed by atoms with Crippen LogP contribution in [-0.2, 0) is 7.05 Å². The highest BCUT2D eigenvalue weighted by molar-refractivity contribution is 5.96. The molecule has 1 aromatic heterocycles. The molecule has 1 atom stereocenters. The van der Waals surface area contributed by atoms with Crippen molar-refractivity contribution in [3.8, 4) is 0 Å². The Morgan fingerprint density at radius 3 is 2.48 bits per heavy atom. The summed E-state index contributed by atoms with van der Waals surface area (Å²) in [6.07, 6.45) is 0. The van der Waals surface area contributed by atoms with Crippen LogP contribution in [0.4, 0.5) is 10.5 Å². The van der Waals surface area contributed by atoms with E-state index in [9.17, 15) is 4.79 Å². The zero-order chi connectivity index (χ0) is 16.0. The van der Waals surface area contributed by atoms with Crippen LogP contribution in [0.3, 0.4) is 0 Å². The number of urea groups is 1. The van der Waals surface area contributed by atoms with Crippen LogP contribution < -0.4 is 10.2 Å². The zero-order valence-corrected chi connectivity index (χ0v) is 13.3. The Kier molecular flexibility index (Phi) is 3.11. The summed E-state index contributed by atoms with van der Waals surface area (Å²) < 4.78 is 2.21. The maximum Gasteiger partial charge on any atom is 0.322 e. The molecule has 2 aromatic carbocycles. The van der Waals surface area contributed by atoms with Crippen molar-refractivity contribution in [2.24, 2.45) is 7.05 Å². The first-order chi connectivity index (χ1) is 11.2. The molecule has 4 nitrogen and oxygen atoms in total. The van der Waals surface area contributed by atoms with Gasteiger partial charge in [0.15, 0.2) is 0 Å². The molecule has 23 heavy (non-hydrogen) atoms. The van der Waals surface area contributed by atoms with E-state index < -0.39 is 0 Å². The van der Waals surface area contributed by atoms with Crippen molar-refractivity contribution in [1.29, 1.82) is 0 Å². The fourth-order valence-corrected chi connectivity index (χ4v) is 3.68. The van der Waals surface area contributed by atoms with Crippen LogP contribution in [0.1, 0.15) is 17.3 Å². The fraction of sp³-hybridized carbons (Fsp3) is 0.211. The van der Waals surface area contributed by atoms with Crippen molar-refractivity contribution in [2.75, 3.05) is 11.4 Å². The number of amides is 2. The van der Waals surface area contributed by atoms with Crippen molar-refractivity contribution in [3.05, 3.63) is 65.9 Å². The molecule has 0 spiro atoms. The maximum absolute atomic E-state index is 12.4. The van der Waals surface area contributed by atoms with Gasteiger partial charge in [0.25, 0.3) is 0 Å². The van der Waals surface area contributed by atoms with Crippen molar-refractivity contribution < 1.29 is 4.79 Å². The molecule has 3 aromatic rings. The third-order valence-corrected chi connectivity index (χ3v) is 4.74. The third-order valence-electron chi connectivity index (χ3n) is 4.74. The second-order valence-corrected chi connectivity index (χ2v) is 5.99. The molecule has 4 rings (SSSR count). The van der Waals surface area contributed by atoms with Gasteiger partial charge in [-0.25, -0.2) is 4.79 Å². The number of benzene rings is 2. The van der Waals surface area contributed by atoms with Gasteiger partial charge < -0.3 is 9.88 Å². The van der Waals surface area contributed by atoms with E-state index in [1.54, 1.807) is 0 Å². The number of hydrogen-bond acceptors (Lipinski definition) is 1. The number of rotatable bonds is 2. The monoisotopic (exact) mass is 305 g/mol. The summed E-state index contributed by atoms with van der Waals surface area (Å²) in [5.74, 6) is 0. The van der Waals surface area contributed by atoms with Gasteiger partial charge in [0.2, 0.25) is 0 Å². The average molecular weight is 305 g/mol. The van der Waals surface area contributed by atoms with Crippen molar-refractivity contribution >= 4 is 22.6 Å². The number of nitrogens with zero attached hydrogens (tertiary/aromatic N) is 2. The predicted molar refractivity (Wildman–Crippen MR) is 92.7 cm³/mol. The molecular weight excluding hydrogens is 286 g/mol. The minimum Gasteiger partial charge on any atom is -0.345 e. The lowest BCUT2D eigenvalue weighted by Crippen LogP contribution is -2.30. The highest BCUT2D eigenvalue weighted by Crippen LogP contribution is 2.36. The molecule has 116 valence electrons. The van der Waals surface area contributed by atoms with Crippen LogP contribution in [0.15, 0.2) is 54.6 Å². The molecule has 0 bridgehead atoms. The minimum absolute atomic E-state index is 0.00213. The minimum atomic E-state index is -0.0362. The van der Waals surface area contributed by atoms with Crippen LogP contribution in [0.5, 0.6) is 0 Å². The summed E-state index contributed by atoms with van der Waals surface area (Å²) in [6.45, 7) is 2.77. The predicted octanol–water partition coefficient (Wildman–Crippen LogP) is 3.76. The number of fused-ring (bicyclic) bond motifs is 1. The van der Waals surface area contributed by atoms with Crippen LogP contribution in [0, 0.1) is 6.92 Å². The van der Waals surface area contributed by atoms with E-state index in [1.807, 2.05) is 35.2 Å². The summed E-state index contributed by atoms with van der Waals surface area (Å²) in [5, 5.41) is 4.24. The molecule has 1 fully saturated rings. The Hall–Kier alpha value is -2.75. The van der Waals surface area contributed by atoms with Gasteiger partial charge in [0, 0.05) is 35.9 Å². The zero-order valence-electron chi connectivity index (χ0n) is 13.3. The lowest BCUT2D eigenvalue weighted by Gasteiger charge is -2.24. The number of anilines is 1. The summed E-state index contributed by atoms with van der Waals surface area (Å²) in [6, 6.07) is 18.2. The van der Waals surface area contributed by atoms with Crippen molar-refractivity contribution in [3.63, 3.8) is 0 Å². The Bertz CT molecular complexity index is 843. The maximum atomic E-state index is 12.4. The number of hydrogen-bond donors (Lipinski definition) is 1. The van der Waals surface area contributed by atoms with Gasteiger partial charge in [-0.3, -0.25) is 4.90 Å². The molecule has 2 amide bonds. The third kappa shape index (κ3) is 2.02. The quantitative estimate of drug-likeness (QED) is 0.769. The normalized spacial score (nSPS) is 17.7. The topological polar surface area (TPSA) is 37.3 Å². The Morgan fingerprint density at radius 1 is 1.04 bits per heavy atom. The number of aromatic nitrogens is 1. The smallest absolute Gasteiger partial charge is 0.322 e. The molecule has 1 aliphatic rings. The Morgan fingerprint density at radius 2 is 1.74 bits per heavy atom. The van der Waals surface area contributed by atoms with Crippen LogP contribution in [0.25, 0.3) is 10.9 Å². The SMILES string of the molecule is Cc1c(C2CNC(=O)N2c2ccccc2)n(C)c2ccccc12. The molecule has 1 saturated heterocycles. The highest BCUT2D eigenvalue weighted by atomic mass is 16.2. The number of carbonyl (C=O) groups excluding carboxylic acids is 1. The van der Waals surface area contributed by atoms with Crippen LogP contribution in [0.2, 0.25) is 0 Å². The molecule has 1 unspecified atom stereocenters. The molecule has 0 radical (unpaired) electrons. The summed E-state index contributed by atoms with van der Waals surface area (Å²) in [4.78, 5) is 14.3. The summed E-state index contributed by atoms with van der Waals surface area (Å²) in [7, 11) is 2.08. The van der Waals surface area contributed by atoms with E-state index in [0.717, 1.165) is 5.69 Å². The van der Waals surface area contributed by atoms with Crippen LogP contribution in [-0.4, -0.2) is 17.1 Å². The van der Waals surface area contributed by atoms with Gasteiger partial charge in [0.05, 0.1) is 6.04 Å². The molecule has 2 heterocycles. The van der Waals surface area contributed by atoms with Crippen molar-refractivity contribution in [1.82, 2.24) is 9.88 Å². The molecule has 1 aliphatic heterocycles. The number of nitrogens with one attached hydrogen (secondary N) is 1. The lowest BCUT2D eigenvalue weighted by molar-refractivity contribution is 0.251.